The van der Waals surface area contributed by atoms with Crippen molar-refractivity contribution in [2.75, 3.05) is 20.3 Å². The second-order valence-corrected chi connectivity index (χ2v) is 8.03. The summed E-state index contributed by atoms with van der Waals surface area (Å²) in [5, 5.41) is 0.927. The standard InChI is InChI=1S/C24H28N2O3S/c1-5-15-29-20-13-11-18(16-21(20)28-6-2)12-14-23(27)26(4)17(3)24-25-19-9-7-8-10-22(19)30-24/h7-14,16-17H,5-6,15H2,1-4H3/b14-12+/t17-/m0/s1. The molecule has 0 saturated carbocycles. The number of likely N-dealkylation sites (N-methyl/N-ethyl adjacent to an activating group) is 1. The van der Waals surface area contributed by atoms with Gasteiger partial charge in [0.15, 0.2) is 11.5 Å². The molecule has 3 aromatic rings. The van der Waals surface area contributed by atoms with E-state index in [-0.39, 0.29) is 11.9 Å². The zero-order valence-electron chi connectivity index (χ0n) is 17.9. The first-order valence-corrected chi connectivity index (χ1v) is 11.0. The van der Waals surface area contributed by atoms with Crippen molar-refractivity contribution in [3.63, 3.8) is 0 Å². The van der Waals surface area contributed by atoms with Crippen molar-refractivity contribution in [1.82, 2.24) is 9.88 Å². The van der Waals surface area contributed by atoms with Crippen LogP contribution >= 0.6 is 11.3 Å². The molecule has 0 aliphatic carbocycles. The third kappa shape index (κ3) is 5.19. The van der Waals surface area contributed by atoms with Crippen LogP contribution < -0.4 is 9.47 Å². The minimum absolute atomic E-state index is 0.0778. The number of carbonyl (C=O) groups excluding carboxylic acids is 1. The number of nitrogens with zero attached hydrogens (tertiary/aromatic N) is 2. The van der Waals surface area contributed by atoms with E-state index >= 15 is 0 Å². The van der Waals surface area contributed by atoms with E-state index in [0.29, 0.717) is 19.0 Å². The van der Waals surface area contributed by atoms with Crippen molar-refractivity contribution >= 4 is 33.5 Å². The Balaban J connectivity index is 1.71. The molecule has 5 nitrogen and oxygen atoms in total. The lowest BCUT2D eigenvalue weighted by Gasteiger charge is -2.21. The van der Waals surface area contributed by atoms with Crippen LogP contribution in [0.5, 0.6) is 11.5 Å². The fraction of sp³-hybridized carbons (Fsp3) is 0.333. The van der Waals surface area contributed by atoms with E-state index in [1.54, 1.807) is 35.4 Å². The number of aromatic nitrogens is 1. The highest BCUT2D eigenvalue weighted by Gasteiger charge is 2.19. The number of hydrogen-bond acceptors (Lipinski definition) is 5. The van der Waals surface area contributed by atoms with Gasteiger partial charge in [0.1, 0.15) is 5.01 Å². The molecule has 0 bridgehead atoms. The molecule has 30 heavy (non-hydrogen) atoms. The predicted molar refractivity (Wildman–Crippen MR) is 123 cm³/mol. The topological polar surface area (TPSA) is 51.7 Å². The van der Waals surface area contributed by atoms with Crippen molar-refractivity contribution in [2.45, 2.75) is 33.2 Å². The first-order chi connectivity index (χ1) is 14.5. The van der Waals surface area contributed by atoms with Gasteiger partial charge in [0.05, 0.1) is 29.5 Å². The van der Waals surface area contributed by atoms with Crippen LogP contribution in [0, 0.1) is 0 Å². The van der Waals surface area contributed by atoms with E-state index in [2.05, 4.69) is 18.0 Å². The Morgan fingerprint density at radius 2 is 1.97 bits per heavy atom. The average molecular weight is 425 g/mol. The molecule has 158 valence electrons. The average Bonchev–Trinajstić information content (AvgIpc) is 3.20. The number of carbonyl (C=O) groups is 1. The number of benzene rings is 2. The fourth-order valence-corrected chi connectivity index (χ4v) is 4.00. The van der Waals surface area contributed by atoms with E-state index in [0.717, 1.165) is 33.0 Å². The molecule has 6 heteroatoms. The van der Waals surface area contributed by atoms with Gasteiger partial charge in [-0.15, -0.1) is 11.3 Å². The normalized spacial score (nSPS) is 12.3. The van der Waals surface area contributed by atoms with E-state index in [1.807, 2.05) is 50.2 Å². The van der Waals surface area contributed by atoms with Crippen LogP contribution in [0.1, 0.15) is 43.8 Å². The van der Waals surface area contributed by atoms with E-state index < -0.39 is 0 Å². The Morgan fingerprint density at radius 3 is 2.70 bits per heavy atom. The highest BCUT2D eigenvalue weighted by Crippen LogP contribution is 2.30. The molecule has 0 fully saturated rings. The van der Waals surface area contributed by atoms with Crippen LogP contribution in [0.25, 0.3) is 16.3 Å². The minimum atomic E-state index is -0.108. The van der Waals surface area contributed by atoms with Crippen LogP contribution in [0.2, 0.25) is 0 Å². The van der Waals surface area contributed by atoms with E-state index in [9.17, 15) is 4.79 Å². The van der Waals surface area contributed by atoms with Crippen LogP contribution in [0.3, 0.4) is 0 Å². The quantitative estimate of drug-likeness (QED) is 0.413. The molecule has 0 unspecified atom stereocenters. The number of amides is 1. The van der Waals surface area contributed by atoms with Crippen molar-refractivity contribution in [2.24, 2.45) is 0 Å². The maximum Gasteiger partial charge on any atom is 0.246 e. The van der Waals surface area contributed by atoms with E-state index in [4.69, 9.17) is 9.47 Å². The first kappa shape index (κ1) is 21.8. The van der Waals surface area contributed by atoms with Gasteiger partial charge >= 0.3 is 0 Å². The van der Waals surface area contributed by atoms with E-state index in [1.165, 1.54) is 0 Å². The molecule has 0 aliphatic heterocycles. The summed E-state index contributed by atoms with van der Waals surface area (Å²) >= 11 is 1.62. The summed E-state index contributed by atoms with van der Waals surface area (Å²) in [4.78, 5) is 19.1. The summed E-state index contributed by atoms with van der Waals surface area (Å²) < 4.78 is 12.6. The zero-order valence-corrected chi connectivity index (χ0v) is 18.7. The molecule has 0 aliphatic rings. The highest BCUT2D eigenvalue weighted by molar-refractivity contribution is 7.18. The molecule has 1 heterocycles. The Hall–Kier alpha value is -2.86. The lowest BCUT2D eigenvalue weighted by Crippen LogP contribution is -2.27. The molecule has 1 aromatic heterocycles. The smallest absolute Gasteiger partial charge is 0.246 e. The van der Waals surface area contributed by atoms with Gasteiger partial charge in [0.25, 0.3) is 0 Å². The minimum Gasteiger partial charge on any atom is -0.490 e. The summed E-state index contributed by atoms with van der Waals surface area (Å²) in [6, 6.07) is 13.6. The summed E-state index contributed by atoms with van der Waals surface area (Å²) in [5.41, 5.74) is 1.85. The van der Waals surface area contributed by atoms with Gasteiger partial charge in [-0.1, -0.05) is 25.1 Å². The Kier molecular flexibility index (Phi) is 7.46. The number of thiazole rings is 1. The van der Waals surface area contributed by atoms with Gasteiger partial charge in [-0.3, -0.25) is 4.79 Å². The second-order valence-electron chi connectivity index (χ2n) is 6.97. The second kappa shape index (κ2) is 10.3. The molecular weight excluding hydrogens is 396 g/mol. The zero-order chi connectivity index (χ0) is 21.5. The van der Waals surface area contributed by atoms with Gasteiger partial charge in [0, 0.05) is 13.1 Å². The summed E-state index contributed by atoms with van der Waals surface area (Å²) in [6.45, 7) is 7.19. The number of hydrogen-bond donors (Lipinski definition) is 0. The van der Waals surface area contributed by atoms with Crippen LogP contribution in [0.15, 0.2) is 48.5 Å². The van der Waals surface area contributed by atoms with Gasteiger partial charge in [-0.25, -0.2) is 4.98 Å². The SMILES string of the molecule is CCCOc1ccc(/C=C/C(=O)N(C)[C@@H](C)c2nc3ccccc3s2)cc1OCC. The lowest BCUT2D eigenvalue weighted by molar-refractivity contribution is -0.126. The molecule has 1 amide bonds. The number of para-hydroxylation sites is 1. The number of rotatable bonds is 9. The predicted octanol–water partition coefficient (Wildman–Crippen LogP) is 5.72. The van der Waals surface area contributed by atoms with Gasteiger partial charge < -0.3 is 14.4 Å². The first-order valence-electron chi connectivity index (χ1n) is 10.2. The van der Waals surface area contributed by atoms with Gasteiger partial charge in [0.2, 0.25) is 5.91 Å². The van der Waals surface area contributed by atoms with Crippen molar-refractivity contribution in [3.8, 4) is 11.5 Å². The van der Waals surface area contributed by atoms with Crippen molar-refractivity contribution < 1.29 is 14.3 Å². The maximum atomic E-state index is 12.7. The molecule has 0 N–H and O–H groups in total. The molecule has 1 atom stereocenters. The molecule has 2 aromatic carbocycles. The van der Waals surface area contributed by atoms with Gasteiger partial charge in [-0.2, -0.15) is 0 Å². The monoisotopic (exact) mass is 424 g/mol. The number of ether oxygens (including phenoxy) is 2. The lowest BCUT2D eigenvalue weighted by atomic mass is 10.1. The third-order valence-electron chi connectivity index (χ3n) is 4.74. The molecular formula is C24H28N2O3S. The molecule has 0 saturated heterocycles. The number of fused-ring (bicyclic) bond motifs is 1. The summed E-state index contributed by atoms with van der Waals surface area (Å²) in [5.74, 6) is 1.34. The molecule has 0 radical (unpaired) electrons. The van der Waals surface area contributed by atoms with Gasteiger partial charge in [-0.05, 0) is 56.2 Å². The fourth-order valence-electron chi connectivity index (χ4n) is 2.94. The third-order valence-corrected chi connectivity index (χ3v) is 5.95. The Labute approximate surface area is 182 Å². The highest BCUT2D eigenvalue weighted by atomic mass is 32.1. The van der Waals surface area contributed by atoms with Crippen molar-refractivity contribution in [1.29, 1.82) is 0 Å². The van der Waals surface area contributed by atoms with Crippen LogP contribution in [0.4, 0.5) is 0 Å². The maximum absolute atomic E-state index is 12.7. The Bertz CT molecular complexity index is 995. The summed E-state index contributed by atoms with van der Waals surface area (Å²) in [7, 11) is 1.80. The van der Waals surface area contributed by atoms with Crippen LogP contribution in [-0.2, 0) is 4.79 Å². The molecule has 0 spiro atoms. The Morgan fingerprint density at radius 1 is 1.17 bits per heavy atom. The van der Waals surface area contributed by atoms with Crippen molar-refractivity contribution in [3.05, 3.63) is 59.1 Å². The molecule has 3 rings (SSSR count). The van der Waals surface area contributed by atoms with Crippen LogP contribution in [-0.4, -0.2) is 36.1 Å². The largest absolute Gasteiger partial charge is 0.490 e. The summed E-state index contributed by atoms with van der Waals surface area (Å²) in [6.07, 6.45) is 4.32.